The monoisotopic (exact) mass is 395 g/mol. The molecular formula is C21H22FN5O2. The first kappa shape index (κ1) is 17.9. The third-order valence-electron chi connectivity index (χ3n) is 5.81. The molecule has 29 heavy (non-hydrogen) atoms. The Kier molecular flexibility index (Phi) is 4.15. The Morgan fingerprint density at radius 1 is 1.31 bits per heavy atom. The zero-order chi connectivity index (χ0) is 20.1. The van der Waals surface area contributed by atoms with Crippen LogP contribution in [0.1, 0.15) is 42.3 Å². The molecule has 5 rings (SSSR count). The second-order valence-electron chi connectivity index (χ2n) is 7.82. The minimum atomic E-state index is -0.370. The van der Waals surface area contributed by atoms with E-state index in [1.54, 1.807) is 13.2 Å². The Morgan fingerprint density at radius 3 is 2.86 bits per heavy atom. The van der Waals surface area contributed by atoms with E-state index >= 15 is 0 Å². The van der Waals surface area contributed by atoms with Crippen molar-refractivity contribution in [2.45, 2.75) is 38.0 Å². The molecule has 1 saturated carbocycles. The first-order valence-electron chi connectivity index (χ1n) is 9.84. The first-order valence-corrected chi connectivity index (χ1v) is 9.84. The largest absolute Gasteiger partial charge is 0.495 e. The third kappa shape index (κ3) is 3.18. The number of aromatic amines is 1. The van der Waals surface area contributed by atoms with Gasteiger partial charge in [0.15, 0.2) is 0 Å². The summed E-state index contributed by atoms with van der Waals surface area (Å²) in [5, 5.41) is 4.09. The number of carbonyl (C=O) groups excluding carboxylic acids is 1. The number of methoxy groups -OCH3 is 1. The number of halogens is 1. The number of hydrogen-bond acceptors (Lipinski definition) is 5. The van der Waals surface area contributed by atoms with Gasteiger partial charge in [0.05, 0.1) is 18.2 Å². The van der Waals surface area contributed by atoms with Crippen LogP contribution in [0.15, 0.2) is 18.2 Å². The third-order valence-corrected chi connectivity index (χ3v) is 5.81. The Morgan fingerprint density at radius 2 is 2.14 bits per heavy atom. The maximum atomic E-state index is 13.9. The van der Waals surface area contributed by atoms with Gasteiger partial charge in [0, 0.05) is 23.6 Å². The molecule has 0 saturated heterocycles. The normalized spacial score (nSPS) is 18.5. The molecule has 0 radical (unpaired) electrons. The lowest BCUT2D eigenvalue weighted by Crippen LogP contribution is -2.28. The fourth-order valence-corrected chi connectivity index (χ4v) is 4.09. The summed E-state index contributed by atoms with van der Waals surface area (Å²) in [6, 6.07) is 4.31. The zero-order valence-electron chi connectivity index (χ0n) is 16.1. The number of aryl methyl sites for hydroxylation is 1. The molecule has 0 bridgehead atoms. The van der Waals surface area contributed by atoms with Crippen molar-refractivity contribution in [3.8, 4) is 5.75 Å². The van der Waals surface area contributed by atoms with E-state index in [2.05, 4.69) is 10.3 Å². The van der Waals surface area contributed by atoms with Gasteiger partial charge in [-0.1, -0.05) is 0 Å². The molecule has 3 aromatic rings. The molecule has 1 atom stereocenters. The summed E-state index contributed by atoms with van der Waals surface area (Å²) in [5.74, 6) is 1.39. The molecule has 7 nitrogen and oxygen atoms in total. The summed E-state index contributed by atoms with van der Waals surface area (Å²) in [7, 11) is 1.54. The highest BCUT2D eigenvalue weighted by atomic mass is 19.1. The van der Waals surface area contributed by atoms with Crippen LogP contribution in [0.2, 0.25) is 0 Å². The highest BCUT2D eigenvalue weighted by Crippen LogP contribution is 2.42. The summed E-state index contributed by atoms with van der Waals surface area (Å²) in [4.78, 5) is 24.7. The van der Waals surface area contributed by atoms with Crippen molar-refractivity contribution in [2.24, 2.45) is 11.7 Å². The minimum absolute atomic E-state index is 0.207. The van der Waals surface area contributed by atoms with Gasteiger partial charge in [0.2, 0.25) is 5.91 Å². The van der Waals surface area contributed by atoms with Crippen molar-refractivity contribution in [2.75, 3.05) is 12.4 Å². The van der Waals surface area contributed by atoms with E-state index in [-0.39, 0.29) is 17.6 Å². The van der Waals surface area contributed by atoms with E-state index in [0.717, 1.165) is 53.8 Å². The Labute approximate surface area is 166 Å². The quantitative estimate of drug-likeness (QED) is 0.615. The van der Waals surface area contributed by atoms with Gasteiger partial charge in [-0.05, 0) is 49.8 Å². The van der Waals surface area contributed by atoms with Crippen molar-refractivity contribution >= 4 is 28.4 Å². The van der Waals surface area contributed by atoms with Crippen LogP contribution in [-0.4, -0.2) is 28.0 Å². The SMILES string of the molecule is COc1ccc(F)cc1Nc1nc(C2CC2)nc2[nH]c3c(c12)CC(C(N)=O)CC3. The number of aromatic nitrogens is 3. The predicted octanol–water partition coefficient (Wildman–Crippen LogP) is 3.32. The molecule has 2 aliphatic rings. The number of amides is 1. The molecule has 2 aliphatic carbocycles. The van der Waals surface area contributed by atoms with Gasteiger partial charge >= 0.3 is 0 Å². The van der Waals surface area contributed by atoms with E-state index in [9.17, 15) is 9.18 Å². The number of benzene rings is 1. The lowest BCUT2D eigenvalue weighted by atomic mass is 9.86. The van der Waals surface area contributed by atoms with Gasteiger partial charge in [-0.3, -0.25) is 4.79 Å². The Balaban J connectivity index is 1.66. The van der Waals surface area contributed by atoms with Gasteiger partial charge in [-0.15, -0.1) is 0 Å². The van der Waals surface area contributed by atoms with Gasteiger partial charge in [0.1, 0.15) is 28.9 Å². The van der Waals surface area contributed by atoms with Crippen molar-refractivity contribution < 1.29 is 13.9 Å². The number of H-pyrrole nitrogens is 1. The number of carbonyl (C=O) groups is 1. The van der Waals surface area contributed by atoms with Crippen molar-refractivity contribution in [1.82, 2.24) is 15.0 Å². The van der Waals surface area contributed by atoms with Crippen LogP contribution in [0.25, 0.3) is 11.0 Å². The number of nitrogens with zero attached hydrogens (tertiary/aromatic N) is 2. The predicted molar refractivity (Wildman–Crippen MR) is 107 cm³/mol. The second kappa shape index (κ2) is 6.72. The van der Waals surface area contributed by atoms with Crippen molar-refractivity contribution in [1.29, 1.82) is 0 Å². The average Bonchev–Trinajstić information content (AvgIpc) is 3.48. The van der Waals surface area contributed by atoms with E-state index in [1.165, 1.54) is 12.1 Å². The zero-order valence-corrected chi connectivity index (χ0v) is 16.1. The number of ether oxygens (including phenoxy) is 1. The molecule has 1 fully saturated rings. The lowest BCUT2D eigenvalue weighted by Gasteiger charge is -2.20. The molecule has 0 aliphatic heterocycles. The number of primary amides is 1. The number of hydrogen-bond donors (Lipinski definition) is 3. The van der Waals surface area contributed by atoms with E-state index in [0.29, 0.717) is 29.6 Å². The standard InChI is InChI=1S/C21H22FN5O2/c1-29-16-7-5-12(22)9-15(16)25-21-17-13-8-11(18(23)28)4-6-14(13)24-20(17)26-19(27-21)10-2-3-10/h5,7,9-11H,2-4,6,8H2,1H3,(H2,23,28)(H2,24,25,26,27). The molecule has 1 unspecified atom stereocenters. The molecule has 2 heterocycles. The van der Waals surface area contributed by atoms with Gasteiger partial charge in [-0.25, -0.2) is 14.4 Å². The highest BCUT2D eigenvalue weighted by molar-refractivity contribution is 5.94. The molecule has 4 N–H and O–H groups in total. The van der Waals surface area contributed by atoms with E-state index in [1.807, 2.05) is 0 Å². The summed E-state index contributed by atoms with van der Waals surface area (Å²) >= 11 is 0. The van der Waals surface area contributed by atoms with Crippen LogP contribution < -0.4 is 15.8 Å². The summed E-state index contributed by atoms with van der Waals surface area (Å²) in [6.07, 6.45) is 4.14. The maximum Gasteiger partial charge on any atom is 0.220 e. The van der Waals surface area contributed by atoms with Gasteiger partial charge < -0.3 is 20.8 Å². The molecule has 2 aromatic heterocycles. The minimum Gasteiger partial charge on any atom is -0.495 e. The topological polar surface area (TPSA) is 106 Å². The van der Waals surface area contributed by atoms with E-state index in [4.69, 9.17) is 20.4 Å². The van der Waals surface area contributed by atoms with E-state index < -0.39 is 0 Å². The highest BCUT2D eigenvalue weighted by Gasteiger charge is 2.31. The molecule has 8 heteroatoms. The van der Waals surface area contributed by atoms with Crippen LogP contribution >= 0.6 is 0 Å². The van der Waals surface area contributed by atoms with Crippen LogP contribution in [0.3, 0.4) is 0 Å². The lowest BCUT2D eigenvalue weighted by molar-refractivity contribution is -0.122. The fourth-order valence-electron chi connectivity index (χ4n) is 4.09. The second-order valence-corrected chi connectivity index (χ2v) is 7.82. The van der Waals surface area contributed by atoms with Crippen LogP contribution in [0.4, 0.5) is 15.9 Å². The summed E-state index contributed by atoms with van der Waals surface area (Å²) in [6.45, 7) is 0. The number of nitrogens with one attached hydrogen (secondary N) is 2. The number of fused-ring (bicyclic) bond motifs is 3. The van der Waals surface area contributed by atoms with Crippen LogP contribution in [0, 0.1) is 11.7 Å². The fraction of sp³-hybridized carbons (Fsp3) is 0.381. The number of anilines is 2. The van der Waals surface area contributed by atoms with Crippen LogP contribution in [-0.2, 0) is 17.6 Å². The first-order chi connectivity index (χ1) is 14.0. The summed E-state index contributed by atoms with van der Waals surface area (Å²) in [5.41, 5.74) is 8.88. The Bertz CT molecular complexity index is 1120. The molecule has 150 valence electrons. The molecular weight excluding hydrogens is 373 g/mol. The number of rotatable bonds is 5. The maximum absolute atomic E-state index is 13.9. The average molecular weight is 395 g/mol. The molecule has 1 aromatic carbocycles. The van der Waals surface area contributed by atoms with Crippen LogP contribution in [0.5, 0.6) is 5.75 Å². The Hall–Kier alpha value is -3.16. The molecule has 0 spiro atoms. The van der Waals surface area contributed by atoms with Gasteiger partial charge in [-0.2, -0.15) is 0 Å². The summed E-state index contributed by atoms with van der Waals surface area (Å²) < 4.78 is 19.3. The number of nitrogens with two attached hydrogens (primary N) is 1. The van der Waals surface area contributed by atoms with Gasteiger partial charge in [0.25, 0.3) is 0 Å². The van der Waals surface area contributed by atoms with Crippen molar-refractivity contribution in [3.05, 3.63) is 41.1 Å². The molecule has 1 amide bonds. The smallest absolute Gasteiger partial charge is 0.220 e. The van der Waals surface area contributed by atoms with Crippen molar-refractivity contribution in [3.63, 3.8) is 0 Å².